The van der Waals surface area contributed by atoms with Crippen molar-refractivity contribution in [2.24, 2.45) is 0 Å². The van der Waals surface area contributed by atoms with Gasteiger partial charge >= 0.3 is 0 Å². The van der Waals surface area contributed by atoms with E-state index in [9.17, 15) is 4.79 Å². The van der Waals surface area contributed by atoms with Crippen LogP contribution in [-0.4, -0.2) is 50.7 Å². The van der Waals surface area contributed by atoms with Gasteiger partial charge in [-0.15, -0.1) is 0 Å². The molecule has 0 unspecified atom stereocenters. The van der Waals surface area contributed by atoms with Crippen LogP contribution in [0.5, 0.6) is 0 Å². The van der Waals surface area contributed by atoms with Crippen LogP contribution < -0.4 is 5.73 Å². The van der Waals surface area contributed by atoms with Crippen LogP contribution in [0.15, 0.2) is 30.9 Å². The van der Waals surface area contributed by atoms with Crippen LogP contribution in [0.1, 0.15) is 22.2 Å². The van der Waals surface area contributed by atoms with Gasteiger partial charge < -0.3 is 15.4 Å². The van der Waals surface area contributed by atoms with Gasteiger partial charge in [-0.2, -0.15) is 10.2 Å². The van der Waals surface area contributed by atoms with Crippen molar-refractivity contribution < 1.29 is 9.53 Å². The molecule has 0 aliphatic carbocycles. The van der Waals surface area contributed by atoms with Crippen molar-refractivity contribution in [3.63, 3.8) is 0 Å². The molecule has 21 heavy (non-hydrogen) atoms. The van der Waals surface area contributed by atoms with Gasteiger partial charge in [0.1, 0.15) is 17.6 Å². The first-order valence-corrected chi connectivity index (χ1v) is 6.49. The Morgan fingerprint density at radius 3 is 2.90 bits per heavy atom. The second kappa shape index (κ2) is 5.80. The normalized spacial score (nSPS) is 18.5. The summed E-state index contributed by atoms with van der Waals surface area (Å²) in [5.41, 5.74) is 6.86. The van der Waals surface area contributed by atoms with E-state index in [1.54, 1.807) is 17.2 Å². The first kappa shape index (κ1) is 13.4. The number of anilines is 1. The highest BCUT2D eigenvalue weighted by Crippen LogP contribution is 2.24. The van der Waals surface area contributed by atoms with Crippen LogP contribution in [0.2, 0.25) is 0 Å². The maximum absolute atomic E-state index is 12.4. The molecule has 3 heterocycles. The van der Waals surface area contributed by atoms with Crippen LogP contribution in [0.25, 0.3) is 0 Å². The van der Waals surface area contributed by atoms with E-state index in [1.807, 2.05) is 0 Å². The second-order valence-electron chi connectivity index (χ2n) is 4.57. The molecule has 108 valence electrons. The molecule has 0 aromatic carbocycles. The van der Waals surface area contributed by atoms with E-state index < -0.39 is 0 Å². The lowest BCUT2D eigenvalue weighted by Crippen LogP contribution is -2.42. The molecular formula is C13H14N6O2. The fourth-order valence-electron chi connectivity index (χ4n) is 2.21. The van der Waals surface area contributed by atoms with Crippen molar-refractivity contribution in [1.29, 1.82) is 0 Å². The Balaban J connectivity index is 1.77. The largest absolute Gasteiger partial charge is 0.382 e. The van der Waals surface area contributed by atoms with Gasteiger partial charge in [-0.1, -0.05) is 0 Å². The third kappa shape index (κ3) is 2.79. The van der Waals surface area contributed by atoms with Crippen molar-refractivity contribution in [3.8, 4) is 0 Å². The van der Waals surface area contributed by atoms with Crippen LogP contribution in [0, 0.1) is 0 Å². The van der Waals surface area contributed by atoms with E-state index in [0.29, 0.717) is 36.8 Å². The predicted octanol–water partition coefficient (Wildman–Crippen LogP) is 0.0625. The minimum absolute atomic E-state index is 0.110. The molecule has 3 rings (SSSR count). The Kier molecular flexibility index (Phi) is 3.69. The van der Waals surface area contributed by atoms with Crippen molar-refractivity contribution in [2.45, 2.75) is 6.10 Å². The molecule has 2 aromatic rings. The molecule has 2 aromatic heterocycles. The maximum Gasteiger partial charge on any atom is 0.255 e. The lowest BCUT2D eigenvalue weighted by atomic mass is 10.1. The summed E-state index contributed by atoms with van der Waals surface area (Å²) in [7, 11) is 0. The lowest BCUT2D eigenvalue weighted by molar-refractivity contribution is -0.0245. The number of aromatic nitrogens is 4. The number of morpholine rings is 1. The van der Waals surface area contributed by atoms with Crippen molar-refractivity contribution in [3.05, 3.63) is 42.1 Å². The molecule has 0 radical (unpaired) electrons. The van der Waals surface area contributed by atoms with E-state index in [-0.39, 0.29) is 12.0 Å². The van der Waals surface area contributed by atoms with Gasteiger partial charge in [0.2, 0.25) is 0 Å². The zero-order valence-electron chi connectivity index (χ0n) is 11.2. The molecule has 1 fully saturated rings. The Morgan fingerprint density at radius 1 is 1.29 bits per heavy atom. The van der Waals surface area contributed by atoms with Gasteiger partial charge in [0, 0.05) is 18.9 Å². The third-order valence-corrected chi connectivity index (χ3v) is 3.25. The number of carbonyl (C=O) groups is 1. The summed E-state index contributed by atoms with van der Waals surface area (Å²) in [5, 5.41) is 7.39. The van der Waals surface area contributed by atoms with Crippen molar-refractivity contribution in [2.75, 3.05) is 25.4 Å². The van der Waals surface area contributed by atoms with E-state index >= 15 is 0 Å². The molecule has 1 saturated heterocycles. The zero-order valence-corrected chi connectivity index (χ0v) is 11.2. The van der Waals surface area contributed by atoms with Gasteiger partial charge in [0.15, 0.2) is 0 Å². The summed E-state index contributed by atoms with van der Waals surface area (Å²) in [6.07, 6.45) is 5.65. The van der Waals surface area contributed by atoms with Crippen LogP contribution in [0.4, 0.5) is 5.82 Å². The van der Waals surface area contributed by atoms with Crippen LogP contribution in [0.3, 0.4) is 0 Å². The summed E-state index contributed by atoms with van der Waals surface area (Å²) < 4.78 is 5.66. The summed E-state index contributed by atoms with van der Waals surface area (Å²) in [6, 6.07) is 1.64. The third-order valence-electron chi connectivity index (χ3n) is 3.25. The number of nitrogens with zero attached hydrogens (tertiary/aromatic N) is 5. The minimum atomic E-state index is -0.369. The molecule has 1 aliphatic rings. The number of nitrogen functional groups attached to an aromatic ring is 1. The first-order chi connectivity index (χ1) is 10.3. The molecule has 1 amide bonds. The van der Waals surface area contributed by atoms with E-state index in [0.717, 1.165) is 0 Å². The number of hydrogen-bond donors (Lipinski definition) is 1. The molecule has 1 aliphatic heterocycles. The Morgan fingerprint density at radius 2 is 2.14 bits per heavy atom. The number of nitrogens with two attached hydrogens (primary N) is 1. The molecular weight excluding hydrogens is 272 g/mol. The quantitative estimate of drug-likeness (QED) is 0.831. The molecule has 0 spiro atoms. The molecule has 8 nitrogen and oxygen atoms in total. The van der Waals surface area contributed by atoms with Crippen LogP contribution in [-0.2, 0) is 4.74 Å². The first-order valence-electron chi connectivity index (χ1n) is 6.49. The monoisotopic (exact) mass is 286 g/mol. The Hall–Kier alpha value is -2.61. The molecule has 1 atom stereocenters. The molecule has 2 N–H and O–H groups in total. The van der Waals surface area contributed by atoms with Crippen molar-refractivity contribution >= 4 is 11.7 Å². The summed E-state index contributed by atoms with van der Waals surface area (Å²) in [6.45, 7) is 1.31. The number of ether oxygens (including phenoxy) is 1. The lowest BCUT2D eigenvalue weighted by Gasteiger charge is -2.32. The average molecular weight is 286 g/mol. The topological polar surface area (TPSA) is 107 Å². The molecule has 0 bridgehead atoms. The number of rotatable bonds is 2. The Bertz CT molecular complexity index is 636. The van der Waals surface area contributed by atoms with Crippen molar-refractivity contribution in [1.82, 2.24) is 25.1 Å². The summed E-state index contributed by atoms with van der Waals surface area (Å²) in [5.74, 6) is 0.211. The summed E-state index contributed by atoms with van der Waals surface area (Å²) >= 11 is 0. The highest BCUT2D eigenvalue weighted by atomic mass is 16.5. The SMILES string of the molecule is Nc1nccnc1[C@H]1CN(C(=O)c2ccnnc2)CCO1. The van der Waals surface area contributed by atoms with Gasteiger partial charge in [-0.05, 0) is 6.07 Å². The Labute approximate surface area is 121 Å². The highest BCUT2D eigenvalue weighted by Gasteiger charge is 2.28. The zero-order chi connectivity index (χ0) is 14.7. The van der Waals surface area contributed by atoms with Gasteiger partial charge in [0.05, 0.1) is 31.1 Å². The summed E-state index contributed by atoms with van der Waals surface area (Å²) in [4.78, 5) is 22.3. The molecule has 8 heteroatoms. The highest BCUT2D eigenvalue weighted by molar-refractivity contribution is 5.93. The number of amides is 1. The van der Waals surface area contributed by atoms with Gasteiger partial charge in [-0.25, -0.2) is 4.98 Å². The number of hydrogen-bond acceptors (Lipinski definition) is 7. The van der Waals surface area contributed by atoms with E-state index in [1.165, 1.54) is 18.6 Å². The van der Waals surface area contributed by atoms with Gasteiger partial charge in [-0.3, -0.25) is 9.78 Å². The minimum Gasteiger partial charge on any atom is -0.382 e. The van der Waals surface area contributed by atoms with E-state index in [4.69, 9.17) is 10.5 Å². The van der Waals surface area contributed by atoms with Crippen LogP contribution >= 0.6 is 0 Å². The number of carbonyl (C=O) groups excluding carboxylic acids is 1. The standard InChI is InChI=1S/C13H14N6O2/c14-12-11(15-3-4-16-12)10-8-19(5-6-21-10)13(20)9-1-2-17-18-7-9/h1-4,7,10H,5-6,8H2,(H2,14,16)/t10-/m1/s1. The van der Waals surface area contributed by atoms with Gasteiger partial charge in [0.25, 0.3) is 5.91 Å². The van der Waals surface area contributed by atoms with E-state index in [2.05, 4.69) is 20.2 Å². The smallest absolute Gasteiger partial charge is 0.255 e. The average Bonchev–Trinajstić information content (AvgIpc) is 2.55. The fraction of sp³-hybridized carbons (Fsp3) is 0.308. The maximum atomic E-state index is 12.4. The predicted molar refractivity (Wildman–Crippen MR) is 73.1 cm³/mol. The second-order valence-corrected chi connectivity index (χ2v) is 4.57. The molecule has 0 saturated carbocycles. The fourth-order valence-corrected chi connectivity index (χ4v) is 2.21.